The quantitative estimate of drug-likeness (QED) is 0.666. The molecule has 0 bridgehead atoms. The summed E-state index contributed by atoms with van der Waals surface area (Å²) in [6.07, 6.45) is 5.78. The lowest BCUT2D eigenvalue weighted by Gasteiger charge is -2.06. The first-order valence-corrected chi connectivity index (χ1v) is 7.27. The Kier molecular flexibility index (Phi) is 3.46. The summed E-state index contributed by atoms with van der Waals surface area (Å²) in [5.41, 5.74) is 0.844. The van der Waals surface area contributed by atoms with Crippen LogP contribution >= 0.6 is 11.3 Å². The highest BCUT2D eigenvalue weighted by molar-refractivity contribution is 7.12. The summed E-state index contributed by atoms with van der Waals surface area (Å²) in [7, 11) is 0. The second-order valence-corrected chi connectivity index (χ2v) is 5.18. The van der Waals surface area contributed by atoms with Gasteiger partial charge in [-0.05, 0) is 30.0 Å². The molecule has 0 aliphatic rings. The van der Waals surface area contributed by atoms with Gasteiger partial charge < -0.3 is 4.74 Å². The molecule has 0 unspecified atom stereocenters. The molecule has 0 fully saturated rings. The van der Waals surface area contributed by atoms with Crippen LogP contribution in [0.25, 0.3) is 16.0 Å². The number of thiophene rings is 1. The van der Waals surface area contributed by atoms with Crippen LogP contribution in [0, 0.1) is 0 Å². The van der Waals surface area contributed by atoms with E-state index in [9.17, 15) is 0 Å². The first-order chi connectivity index (χ1) is 9.40. The van der Waals surface area contributed by atoms with E-state index in [0.717, 1.165) is 41.2 Å². The number of pyridine rings is 1. The van der Waals surface area contributed by atoms with Crippen LogP contribution < -0.4 is 4.74 Å². The van der Waals surface area contributed by atoms with Gasteiger partial charge in [-0.15, -0.1) is 11.3 Å². The molecule has 3 aromatic rings. The monoisotopic (exact) mass is 273 g/mol. The molecule has 0 aliphatic carbocycles. The van der Waals surface area contributed by atoms with E-state index >= 15 is 0 Å². The Morgan fingerprint density at radius 1 is 1.37 bits per heavy atom. The Labute approximate surface area is 115 Å². The minimum absolute atomic E-state index is 0.736. The number of aromatic nitrogens is 3. The van der Waals surface area contributed by atoms with Gasteiger partial charge in [0.25, 0.3) is 0 Å². The van der Waals surface area contributed by atoms with Gasteiger partial charge in [0, 0.05) is 6.20 Å². The largest absolute Gasteiger partial charge is 0.493 e. The van der Waals surface area contributed by atoms with Crippen molar-refractivity contribution in [1.82, 2.24) is 14.8 Å². The lowest BCUT2D eigenvalue weighted by molar-refractivity contribution is 0.313. The van der Waals surface area contributed by atoms with Crippen LogP contribution in [0.3, 0.4) is 0 Å². The molecule has 0 amide bonds. The highest BCUT2D eigenvalue weighted by Crippen LogP contribution is 2.26. The first kappa shape index (κ1) is 12.2. The molecular weight excluding hydrogens is 258 g/mol. The molecule has 0 saturated heterocycles. The van der Waals surface area contributed by atoms with Gasteiger partial charge in [0.15, 0.2) is 5.65 Å². The molecule has 19 heavy (non-hydrogen) atoms. The summed E-state index contributed by atoms with van der Waals surface area (Å²) in [5.74, 6) is 0.862. The Balaban J connectivity index is 1.98. The third-order valence-electron chi connectivity index (χ3n) is 2.90. The summed E-state index contributed by atoms with van der Waals surface area (Å²) in [6.45, 7) is 2.89. The maximum atomic E-state index is 5.80. The summed E-state index contributed by atoms with van der Waals surface area (Å²) in [4.78, 5) is 4.41. The normalized spacial score (nSPS) is 11.0. The maximum Gasteiger partial charge on any atom is 0.167 e. The third-order valence-corrected chi connectivity index (χ3v) is 3.75. The predicted molar refractivity (Wildman–Crippen MR) is 77.1 cm³/mol. The molecule has 0 N–H and O–H groups in total. The Morgan fingerprint density at radius 2 is 2.32 bits per heavy atom. The van der Waals surface area contributed by atoms with Gasteiger partial charge in [-0.1, -0.05) is 13.3 Å². The number of hydrogen-bond donors (Lipinski definition) is 0. The van der Waals surface area contributed by atoms with E-state index in [2.05, 4.69) is 17.0 Å². The van der Waals surface area contributed by atoms with Crippen LogP contribution in [-0.2, 0) is 0 Å². The van der Waals surface area contributed by atoms with Crippen molar-refractivity contribution in [3.8, 4) is 10.8 Å². The van der Waals surface area contributed by atoms with Crippen LogP contribution in [0.2, 0.25) is 0 Å². The minimum atomic E-state index is 0.736. The van der Waals surface area contributed by atoms with Gasteiger partial charge >= 0.3 is 0 Å². The molecule has 0 aliphatic heterocycles. The zero-order valence-electron chi connectivity index (χ0n) is 10.7. The third kappa shape index (κ3) is 2.33. The number of ether oxygens (including phenoxy) is 1. The van der Waals surface area contributed by atoms with Gasteiger partial charge in [-0.2, -0.15) is 5.10 Å². The highest BCUT2D eigenvalue weighted by Gasteiger charge is 2.10. The van der Waals surface area contributed by atoms with Crippen molar-refractivity contribution in [2.24, 2.45) is 0 Å². The lowest BCUT2D eigenvalue weighted by atomic mass is 10.3. The Morgan fingerprint density at radius 3 is 3.11 bits per heavy atom. The molecule has 0 spiro atoms. The molecule has 98 valence electrons. The zero-order chi connectivity index (χ0) is 13.1. The Hall–Kier alpha value is -1.88. The summed E-state index contributed by atoms with van der Waals surface area (Å²) < 4.78 is 7.65. The van der Waals surface area contributed by atoms with E-state index in [1.807, 2.05) is 34.5 Å². The molecule has 0 radical (unpaired) electrons. The fourth-order valence-electron chi connectivity index (χ4n) is 1.91. The second-order valence-electron chi connectivity index (χ2n) is 4.26. The number of unbranched alkanes of at least 4 members (excludes halogenated alkanes) is 1. The van der Waals surface area contributed by atoms with Gasteiger partial charge in [0.2, 0.25) is 0 Å². The van der Waals surface area contributed by atoms with Gasteiger partial charge in [0.05, 0.1) is 18.2 Å². The molecule has 0 saturated carbocycles. The zero-order valence-corrected chi connectivity index (χ0v) is 11.6. The van der Waals surface area contributed by atoms with E-state index in [-0.39, 0.29) is 0 Å². The lowest BCUT2D eigenvalue weighted by Crippen LogP contribution is -1.98. The average Bonchev–Trinajstić information content (AvgIpc) is 3.07. The summed E-state index contributed by atoms with van der Waals surface area (Å²) in [6, 6.07) is 5.94. The molecule has 3 rings (SSSR count). The van der Waals surface area contributed by atoms with E-state index in [1.165, 1.54) is 0 Å². The van der Waals surface area contributed by atoms with Crippen molar-refractivity contribution < 1.29 is 4.74 Å². The van der Waals surface area contributed by atoms with Crippen molar-refractivity contribution >= 4 is 22.4 Å². The van der Waals surface area contributed by atoms with E-state index in [4.69, 9.17) is 4.74 Å². The predicted octanol–water partition coefficient (Wildman–Crippen LogP) is 3.66. The minimum Gasteiger partial charge on any atom is -0.493 e. The van der Waals surface area contributed by atoms with Crippen LogP contribution in [-0.4, -0.2) is 21.4 Å². The summed E-state index contributed by atoms with van der Waals surface area (Å²) >= 11 is 1.64. The average molecular weight is 273 g/mol. The van der Waals surface area contributed by atoms with E-state index in [1.54, 1.807) is 17.5 Å². The molecule has 3 heterocycles. The molecule has 4 nitrogen and oxygen atoms in total. The highest BCUT2D eigenvalue weighted by atomic mass is 32.1. The Bertz CT molecular complexity index is 660. The summed E-state index contributed by atoms with van der Waals surface area (Å²) in [5, 5.41) is 8.47. The van der Waals surface area contributed by atoms with Crippen molar-refractivity contribution in [3.63, 3.8) is 0 Å². The van der Waals surface area contributed by atoms with Crippen molar-refractivity contribution in [1.29, 1.82) is 0 Å². The fraction of sp³-hybridized carbons (Fsp3) is 0.286. The van der Waals surface area contributed by atoms with Gasteiger partial charge in [0.1, 0.15) is 10.8 Å². The van der Waals surface area contributed by atoms with Crippen molar-refractivity contribution in [2.45, 2.75) is 19.8 Å². The van der Waals surface area contributed by atoms with Gasteiger partial charge in [-0.25, -0.2) is 9.67 Å². The molecule has 5 heteroatoms. The molecular formula is C14H15N3OS. The van der Waals surface area contributed by atoms with E-state index in [0.29, 0.717) is 0 Å². The number of nitrogens with zero attached hydrogens (tertiary/aromatic N) is 3. The molecule has 0 atom stereocenters. The molecule has 0 aromatic carbocycles. The standard InChI is InChI=1S/C14H15N3OS/c1-2-3-8-18-12-6-7-15-14-11(12)10-16-17(14)13-5-4-9-19-13/h4-7,9-10H,2-3,8H2,1H3. The van der Waals surface area contributed by atoms with E-state index < -0.39 is 0 Å². The first-order valence-electron chi connectivity index (χ1n) is 6.39. The fourth-order valence-corrected chi connectivity index (χ4v) is 2.60. The van der Waals surface area contributed by atoms with Crippen LogP contribution in [0.4, 0.5) is 0 Å². The van der Waals surface area contributed by atoms with Crippen molar-refractivity contribution in [3.05, 3.63) is 36.0 Å². The number of fused-ring (bicyclic) bond motifs is 1. The topological polar surface area (TPSA) is 39.9 Å². The smallest absolute Gasteiger partial charge is 0.167 e. The number of hydrogen-bond acceptors (Lipinski definition) is 4. The van der Waals surface area contributed by atoms with Gasteiger partial charge in [-0.3, -0.25) is 0 Å². The second kappa shape index (κ2) is 5.40. The molecule has 3 aromatic heterocycles. The SMILES string of the molecule is CCCCOc1ccnc2c1cnn2-c1cccs1. The maximum absolute atomic E-state index is 5.80. The van der Waals surface area contributed by atoms with Crippen LogP contribution in [0.15, 0.2) is 36.0 Å². The van der Waals surface area contributed by atoms with Crippen molar-refractivity contribution in [2.75, 3.05) is 6.61 Å². The van der Waals surface area contributed by atoms with Crippen LogP contribution in [0.1, 0.15) is 19.8 Å². The van der Waals surface area contributed by atoms with Crippen LogP contribution in [0.5, 0.6) is 5.75 Å². The number of rotatable bonds is 5.